The number of benzene rings is 1. The standard InChI is InChI=1S/C20H32N4O2.HI/c1-3-5-12-22-19(25)17-10-8-16(9-11-17)14-23-20(21-4-2)24-15-18-7-6-13-26-18;/h8-11,18H,3-7,12-15H2,1-2H3,(H,22,25)(H2,21,23,24);1H. The van der Waals surface area contributed by atoms with Crippen LogP contribution in [0.1, 0.15) is 55.5 Å². The highest BCUT2D eigenvalue weighted by atomic mass is 127. The first kappa shape index (κ1) is 23.7. The van der Waals surface area contributed by atoms with Crippen molar-refractivity contribution in [1.29, 1.82) is 0 Å². The molecule has 1 aliphatic rings. The second-order valence-electron chi connectivity index (χ2n) is 6.52. The van der Waals surface area contributed by atoms with Gasteiger partial charge < -0.3 is 20.7 Å². The van der Waals surface area contributed by atoms with Gasteiger partial charge in [-0.25, -0.2) is 4.99 Å². The predicted molar refractivity (Wildman–Crippen MR) is 121 cm³/mol. The molecule has 1 aromatic carbocycles. The summed E-state index contributed by atoms with van der Waals surface area (Å²) in [5, 5.41) is 9.53. The zero-order valence-electron chi connectivity index (χ0n) is 16.4. The van der Waals surface area contributed by atoms with Gasteiger partial charge >= 0.3 is 0 Å². The van der Waals surface area contributed by atoms with Crippen LogP contribution in [0.4, 0.5) is 0 Å². The van der Waals surface area contributed by atoms with Gasteiger partial charge in [-0.3, -0.25) is 4.79 Å². The van der Waals surface area contributed by atoms with Crippen molar-refractivity contribution in [2.45, 2.75) is 52.2 Å². The summed E-state index contributed by atoms with van der Waals surface area (Å²) in [7, 11) is 0. The van der Waals surface area contributed by atoms with Crippen molar-refractivity contribution in [3.63, 3.8) is 0 Å². The number of unbranched alkanes of at least 4 members (excludes halogenated alkanes) is 1. The molecule has 0 aliphatic carbocycles. The minimum Gasteiger partial charge on any atom is -0.376 e. The smallest absolute Gasteiger partial charge is 0.251 e. The average molecular weight is 488 g/mol. The SMILES string of the molecule is CCCCNC(=O)c1ccc(CN=C(NCC)NCC2CCCO2)cc1.I. The molecule has 152 valence electrons. The van der Waals surface area contributed by atoms with Crippen molar-refractivity contribution in [1.82, 2.24) is 16.0 Å². The first-order chi connectivity index (χ1) is 12.7. The summed E-state index contributed by atoms with van der Waals surface area (Å²) >= 11 is 0. The molecule has 0 aromatic heterocycles. The molecule has 1 aliphatic heterocycles. The second kappa shape index (κ2) is 13.8. The van der Waals surface area contributed by atoms with Crippen LogP contribution in [0.3, 0.4) is 0 Å². The topological polar surface area (TPSA) is 74.8 Å². The van der Waals surface area contributed by atoms with Gasteiger partial charge in [0.1, 0.15) is 0 Å². The Bertz CT molecular complexity index is 572. The molecule has 3 N–H and O–H groups in total. The molecular formula is C20H33IN4O2. The van der Waals surface area contributed by atoms with E-state index in [4.69, 9.17) is 4.74 Å². The number of nitrogens with zero attached hydrogens (tertiary/aromatic N) is 1. The molecule has 1 fully saturated rings. The van der Waals surface area contributed by atoms with Crippen molar-refractivity contribution >= 4 is 35.8 Å². The third kappa shape index (κ3) is 8.92. The van der Waals surface area contributed by atoms with E-state index in [0.29, 0.717) is 12.1 Å². The molecule has 1 amide bonds. The number of guanidine groups is 1. The van der Waals surface area contributed by atoms with Crippen LogP contribution in [0.2, 0.25) is 0 Å². The van der Waals surface area contributed by atoms with Gasteiger partial charge in [-0.05, 0) is 43.9 Å². The fourth-order valence-electron chi connectivity index (χ4n) is 2.77. The lowest BCUT2D eigenvalue weighted by Crippen LogP contribution is -2.41. The van der Waals surface area contributed by atoms with Crippen LogP contribution in [-0.2, 0) is 11.3 Å². The molecule has 1 unspecified atom stereocenters. The molecule has 2 rings (SSSR count). The van der Waals surface area contributed by atoms with Crippen LogP contribution in [0.25, 0.3) is 0 Å². The Labute approximate surface area is 179 Å². The van der Waals surface area contributed by atoms with Gasteiger partial charge in [0.2, 0.25) is 0 Å². The van der Waals surface area contributed by atoms with E-state index in [2.05, 4.69) is 34.8 Å². The Kier molecular flexibility index (Phi) is 12.1. The minimum atomic E-state index is -0.0138. The van der Waals surface area contributed by atoms with Gasteiger partial charge in [-0.15, -0.1) is 24.0 Å². The lowest BCUT2D eigenvalue weighted by atomic mass is 10.1. The zero-order valence-corrected chi connectivity index (χ0v) is 18.8. The van der Waals surface area contributed by atoms with Crippen LogP contribution in [0.5, 0.6) is 0 Å². The lowest BCUT2D eigenvalue weighted by Gasteiger charge is -2.14. The van der Waals surface area contributed by atoms with Crippen molar-refractivity contribution in [2.24, 2.45) is 4.99 Å². The molecule has 0 spiro atoms. The van der Waals surface area contributed by atoms with Crippen LogP contribution in [0.15, 0.2) is 29.3 Å². The first-order valence-electron chi connectivity index (χ1n) is 9.73. The fraction of sp³-hybridized carbons (Fsp3) is 0.600. The number of carbonyl (C=O) groups is 1. The van der Waals surface area contributed by atoms with Gasteiger partial charge in [-0.1, -0.05) is 25.5 Å². The van der Waals surface area contributed by atoms with E-state index in [1.165, 1.54) is 0 Å². The summed E-state index contributed by atoms with van der Waals surface area (Å²) in [6, 6.07) is 7.64. The largest absolute Gasteiger partial charge is 0.376 e. The first-order valence-corrected chi connectivity index (χ1v) is 9.73. The Balaban J connectivity index is 0.00000364. The van der Waals surface area contributed by atoms with Crippen molar-refractivity contribution in [3.8, 4) is 0 Å². The van der Waals surface area contributed by atoms with Crippen molar-refractivity contribution in [3.05, 3.63) is 35.4 Å². The minimum absolute atomic E-state index is 0. The van der Waals surface area contributed by atoms with E-state index < -0.39 is 0 Å². The van der Waals surface area contributed by atoms with Crippen LogP contribution >= 0.6 is 24.0 Å². The van der Waals surface area contributed by atoms with E-state index in [0.717, 1.165) is 63.4 Å². The summed E-state index contributed by atoms with van der Waals surface area (Å²) in [5.41, 5.74) is 1.77. The molecule has 1 heterocycles. The third-order valence-corrected chi connectivity index (χ3v) is 4.32. The Hall–Kier alpha value is -1.35. The summed E-state index contributed by atoms with van der Waals surface area (Å²) in [6.07, 6.45) is 4.60. The number of carbonyl (C=O) groups excluding carboxylic acids is 1. The molecular weight excluding hydrogens is 455 g/mol. The Morgan fingerprint density at radius 3 is 2.59 bits per heavy atom. The average Bonchev–Trinajstić information content (AvgIpc) is 3.18. The van der Waals surface area contributed by atoms with E-state index in [1.54, 1.807) is 0 Å². The van der Waals surface area contributed by atoms with Crippen LogP contribution in [0, 0.1) is 0 Å². The number of halogens is 1. The lowest BCUT2D eigenvalue weighted by molar-refractivity contribution is 0.0953. The van der Waals surface area contributed by atoms with Gasteiger partial charge in [0.15, 0.2) is 5.96 Å². The maximum atomic E-state index is 12.0. The number of nitrogens with one attached hydrogen (secondary N) is 3. The summed E-state index contributed by atoms with van der Waals surface area (Å²) in [5.74, 6) is 0.782. The van der Waals surface area contributed by atoms with E-state index in [-0.39, 0.29) is 36.0 Å². The van der Waals surface area contributed by atoms with E-state index in [9.17, 15) is 4.79 Å². The number of hydrogen-bond acceptors (Lipinski definition) is 3. The van der Waals surface area contributed by atoms with Gasteiger partial charge in [0.25, 0.3) is 5.91 Å². The molecule has 0 radical (unpaired) electrons. The monoisotopic (exact) mass is 488 g/mol. The number of amides is 1. The number of rotatable bonds is 9. The molecule has 6 nitrogen and oxygen atoms in total. The van der Waals surface area contributed by atoms with E-state index in [1.807, 2.05) is 24.3 Å². The quantitative estimate of drug-likeness (QED) is 0.216. The zero-order chi connectivity index (χ0) is 18.6. The maximum absolute atomic E-state index is 12.0. The highest BCUT2D eigenvalue weighted by Crippen LogP contribution is 2.10. The Morgan fingerprint density at radius 1 is 1.19 bits per heavy atom. The van der Waals surface area contributed by atoms with E-state index >= 15 is 0 Å². The molecule has 0 bridgehead atoms. The second-order valence-corrected chi connectivity index (χ2v) is 6.52. The highest BCUT2D eigenvalue weighted by molar-refractivity contribution is 14.0. The molecule has 1 saturated heterocycles. The third-order valence-electron chi connectivity index (χ3n) is 4.32. The normalized spacial score (nSPS) is 16.5. The van der Waals surface area contributed by atoms with Crippen LogP contribution < -0.4 is 16.0 Å². The predicted octanol–water partition coefficient (Wildman–Crippen LogP) is 3.07. The number of aliphatic imine (C=N–C) groups is 1. The summed E-state index contributed by atoms with van der Waals surface area (Å²) < 4.78 is 5.63. The number of ether oxygens (including phenoxy) is 1. The maximum Gasteiger partial charge on any atom is 0.251 e. The molecule has 7 heteroatoms. The van der Waals surface area contributed by atoms with Crippen molar-refractivity contribution < 1.29 is 9.53 Å². The fourth-order valence-corrected chi connectivity index (χ4v) is 2.77. The molecule has 27 heavy (non-hydrogen) atoms. The molecule has 1 atom stereocenters. The summed E-state index contributed by atoms with van der Waals surface area (Å²) in [4.78, 5) is 16.6. The van der Waals surface area contributed by atoms with Crippen LogP contribution in [-0.4, -0.2) is 44.2 Å². The van der Waals surface area contributed by atoms with Gasteiger partial charge in [0, 0.05) is 31.8 Å². The highest BCUT2D eigenvalue weighted by Gasteiger charge is 2.15. The van der Waals surface area contributed by atoms with Gasteiger partial charge in [0.05, 0.1) is 12.6 Å². The molecule has 0 saturated carbocycles. The Morgan fingerprint density at radius 2 is 1.96 bits per heavy atom. The number of hydrogen-bond donors (Lipinski definition) is 3. The molecule has 1 aromatic rings. The van der Waals surface area contributed by atoms with Crippen molar-refractivity contribution in [2.75, 3.05) is 26.2 Å². The van der Waals surface area contributed by atoms with Gasteiger partial charge in [-0.2, -0.15) is 0 Å². The summed E-state index contributed by atoms with van der Waals surface area (Å²) in [6.45, 7) is 7.91.